The average Bonchev–Trinajstić information content (AvgIpc) is 3.18. The fourth-order valence-corrected chi connectivity index (χ4v) is 5.81. The van der Waals surface area contributed by atoms with Crippen molar-refractivity contribution in [1.82, 2.24) is 15.2 Å². The lowest BCUT2D eigenvalue weighted by Gasteiger charge is -2.27. The molecule has 3 atom stereocenters. The first-order chi connectivity index (χ1) is 16.5. The number of fused-ring (bicyclic) bond motifs is 2. The zero-order valence-corrected chi connectivity index (χ0v) is 18.8. The molecule has 2 aromatic carbocycles. The molecule has 0 unspecified atom stereocenters. The number of nitrogens with one attached hydrogen (secondary N) is 1. The summed E-state index contributed by atoms with van der Waals surface area (Å²) in [6, 6.07) is 13.2. The number of carbonyl (C=O) groups excluding carboxylic acids is 2. The van der Waals surface area contributed by atoms with E-state index in [0.29, 0.717) is 34.0 Å². The van der Waals surface area contributed by atoms with Crippen molar-refractivity contribution >= 4 is 39.3 Å². The van der Waals surface area contributed by atoms with Crippen molar-refractivity contribution in [1.29, 1.82) is 0 Å². The van der Waals surface area contributed by atoms with Gasteiger partial charge in [0.15, 0.2) is 5.13 Å². The number of aromatic nitrogens is 1. The van der Waals surface area contributed by atoms with E-state index in [1.807, 2.05) is 11.0 Å². The van der Waals surface area contributed by atoms with Gasteiger partial charge < -0.3 is 20.4 Å². The van der Waals surface area contributed by atoms with E-state index < -0.39 is 0 Å². The quantitative estimate of drug-likeness (QED) is 0.447. The molecule has 1 saturated heterocycles. The molecule has 1 aliphatic carbocycles. The first-order valence-corrected chi connectivity index (χ1v) is 11.9. The molecule has 0 radical (unpaired) electrons. The van der Waals surface area contributed by atoms with Gasteiger partial charge in [0.1, 0.15) is 17.1 Å². The van der Waals surface area contributed by atoms with Crippen LogP contribution in [0.4, 0.5) is 9.52 Å². The van der Waals surface area contributed by atoms with Crippen LogP contribution in [-0.4, -0.2) is 40.3 Å². The molecule has 1 aliphatic heterocycles. The largest absolute Gasteiger partial charge is 0.464 e. The minimum atomic E-state index is -0.389. The number of nitrogens with two attached hydrogens (primary N) is 1. The second-order valence-electron chi connectivity index (χ2n) is 8.75. The molecule has 7 nitrogen and oxygen atoms in total. The molecule has 3 heterocycles. The van der Waals surface area contributed by atoms with Gasteiger partial charge in [0.2, 0.25) is 0 Å². The zero-order valence-electron chi connectivity index (χ0n) is 18.0. The lowest BCUT2D eigenvalue weighted by Crippen LogP contribution is -2.45. The van der Waals surface area contributed by atoms with Gasteiger partial charge in [-0.15, -0.1) is 0 Å². The van der Waals surface area contributed by atoms with Crippen molar-refractivity contribution in [3.63, 3.8) is 0 Å². The summed E-state index contributed by atoms with van der Waals surface area (Å²) in [5.41, 5.74) is 7.94. The standard InChI is InChI=1S/C25H21FN4O3S/c26-15-4-1-3-13(9-15)22-21(29-25(27)34-22)24(32)30-16(10-14-11-19(14)30)12-28-23(31)18-5-2-6-20-17(18)7-8-33-20/h1-9,14,16,19H,10-12H2,(H2,27,29)(H,28,31)/t14-,16+,19+/m1/s1. The number of nitrogen functional groups attached to an aromatic ring is 1. The number of rotatable bonds is 5. The van der Waals surface area contributed by atoms with Crippen LogP contribution in [0.25, 0.3) is 21.4 Å². The molecule has 3 N–H and O–H groups in total. The highest BCUT2D eigenvalue weighted by Gasteiger charge is 2.54. The Hall–Kier alpha value is -3.72. The number of piperidine rings is 1. The summed E-state index contributed by atoms with van der Waals surface area (Å²) in [4.78, 5) is 33.2. The topological polar surface area (TPSA) is 101 Å². The maximum Gasteiger partial charge on any atom is 0.274 e. The third-order valence-corrected chi connectivity index (χ3v) is 7.55. The van der Waals surface area contributed by atoms with Crippen LogP contribution in [0.1, 0.15) is 33.7 Å². The third kappa shape index (κ3) is 3.52. The number of anilines is 1. The van der Waals surface area contributed by atoms with E-state index >= 15 is 0 Å². The summed E-state index contributed by atoms with van der Waals surface area (Å²) < 4.78 is 19.2. The number of hydrogen-bond acceptors (Lipinski definition) is 6. The van der Waals surface area contributed by atoms with E-state index in [2.05, 4.69) is 10.3 Å². The first-order valence-electron chi connectivity index (χ1n) is 11.1. The van der Waals surface area contributed by atoms with Crippen molar-refractivity contribution in [3.05, 3.63) is 71.9 Å². The minimum absolute atomic E-state index is 0.134. The molecule has 1 saturated carbocycles. The smallest absolute Gasteiger partial charge is 0.274 e. The van der Waals surface area contributed by atoms with E-state index in [4.69, 9.17) is 10.2 Å². The first kappa shape index (κ1) is 20.9. The lowest BCUT2D eigenvalue weighted by molar-refractivity contribution is 0.0685. The fraction of sp³-hybridized carbons (Fsp3) is 0.240. The second-order valence-corrected chi connectivity index (χ2v) is 9.78. The predicted octanol–water partition coefficient (Wildman–Crippen LogP) is 4.31. The van der Waals surface area contributed by atoms with Gasteiger partial charge in [0.05, 0.1) is 22.7 Å². The molecule has 6 rings (SSSR count). The summed E-state index contributed by atoms with van der Waals surface area (Å²) in [5.74, 6) is -0.400. The minimum Gasteiger partial charge on any atom is -0.464 e. The number of nitrogens with zero attached hydrogens (tertiary/aromatic N) is 2. The van der Waals surface area contributed by atoms with Gasteiger partial charge in [-0.1, -0.05) is 29.5 Å². The third-order valence-electron chi connectivity index (χ3n) is 6.62. The molecular weight excluding hydrogens is 455 g/mol. The highest BCUT2D eigenvalue weighted by molar-refractivity contribution is 7.19. The normalized spacial score (nSPS) is 21.0. The Bertz CT molecular complexity index is 1430. The summed E-state index contributed by atoms with van der Waals surface area (Å²) in [7, 11) is 0. The number of carbonyl (C=O) groups is 2. The van der Waals surface area contributed by atoms with Crippen LogP contribution >= 0.6 is 11.3 Å². The van der Waals surface area contributed by atoms with Crippen molar-refractivity contribution in [2.75, 3.05) is 12.3 Å². The Kier molecular flexibility index (Phi) is 4.88. The van der Waals surface area contributed by atoms with Crippen molar-refractivity contribution in [3.8, 4) is 10.4 Å². The monoisotopic (exact) mass is 476 g/mol. The van der Waals surface area contributed by atoms with Gasteiger partial charge in [0.25, 0.3) is 11.8 Å². The molecule has 4 aromatic rings. The number of likely N-dealkylation sites (tertiary alicyclic amines) is 1. The Labute approximate surface area is 198 Å². The van der Waals surface area contributed by atoms with Crippen LogP contribution in [0.15, 0.2) is 59.2 Å². The van der Waals surface area contributed by atoms with Crippen LogP contribution in [0.5, 0.6) is 0 Å². The number of benzene rings is 2. The van der Waals surface area contributed by atoms with Crippen LogP contribution in [0, 0.1) is 11.7 Å². The molecular formula is C25H21FN4O3S. The maximum absolute atomic E-state index is 13.8. The highest BCUT2D eigenvalue weighted by atomic mass is 32.1. The number of hydrogen-bond donors (Lipinski definition) is 2. The van der Waals surface area contributed by atoms with Crippen LogP contribution in [-0.2, 0) is 0 Å². The Morgan fingerprint density at radius 2 is 2.06 bits per heavy atom. The van der Waals surface area contributed by atoms with Gasteiger partial charge in [-0.25, -0.2) is 9.37 Å². The van der Waals surface area contributed by atoms with Crippen LogP contribution in [0.3, 0.4) is 0 Å². The van der Waals surface area contributed by atoms with Gasteiger partial charge >= 0.3 is 0 Å². The van der Waals surface area contributed by atoms with E-state index in [1.165, 1.54) is 23.5 Å². The summed E-state index contributed by atoms with van der Waals surface area (Å²) >= 11 is 1.17. The number of thiazole rings is 1. The second kappa shape index (κ2) is 7.95. The fourth-order valence-electron chi connectivity index (χ4n) is 4.98. The molecule has 9 heteroatoms. The molecule has 0 bridgehead atoms. The van der Waals surface area contributed by atoms with Gasteiger partial charge in [-0.05, 0) is 54.7 Å². The van der Waals surface area contributed by atoms with E-state index in [0.717, 1.165) is 18.2 Å². The van der Waals surface area contributed by atoms with Crippen molar-refractivity contribution in [2.24, 2.45) is 5.92 Å². The Morgan fingerprint density at radius 3 is 2.91 bits per heavy atom. The van der Waals surface area contributed by atoms with Crippen LogP contribution < -0.4 is 11.1 Å². The predicted molar refractivity (Wildman–Crippen MR) is 127 cm³/mol. The Balaban J connectivity index is 1.23. The molecule has 2 aromatic heterocycles. The average molecular weight is 477 g/mol. The summed E-state index contributed by atoms with van der Waals surface area (Å²) in [6.45, 7) is 0.334. The lowest BCUT2D eigenvalue weighted by atomic mass is 10.1. The molecule has 172 valence electrons. The zero-order chi connectivity index (χ0) is 23.4. The molecule has 2 aliphatic rings. The van der Waals surface area contributed by atoms with E-state index in [-0.39, 0.29) is 40.5 Å². The highest BCUT2D eigenvalue weighted by Crippen LogP contribution is 2.49. The molecule has 0 spiro atoms. The van der Waals surface area contributed by atoms with E-state index in [9.17, 15) is 14.0 Å². The Morgan fingerprint density at radius 1 is 1.21 bits per heavy atom. The molecule has 34 heavy (non-hydrogen) atoms. The van der Waals surface area contributed by atoms with Gasteiger partial charge in [-0.3, -0.25) is 9.59 Å². The van der Waals surface area contributed by atoms with Gasteiger partial charge in [-0.2, -0.15) is 0 Å². The van der Waals surface area contributed by atoms with E-state index in [1.54, 1.807) is 36.6 Å². The van der Waals surface area contributed by atoms with Crippen molar-refractivity contribution < 1.29 is 18.4 Å². The van der Waals surface area contributed by atoms with Crippen LogP contribution in [0.2, 0.25) is 0 Å². The molecule has 2 fully saturated rings. The molecule has 2 amide bonds. The number of furan rings is 1. The van der Waals surface area contributed by atoms with Crippen molar-refractivity contribution in [2.45, 2.75) is 24.9 Å². The maximum atomic E-state index is 13.8. The van der Waals surface area contributed by atoms with Gasteiger partial charge in [0, 0.05) is 18.0 Å². The SMILES string of the molecule is Nc1nc(C(=O)N2[C@H](CNC(=O)c3cccc4occc34)C[C@@H]3C[C@@H]32)c(-c2cccc(F)c2)s1. The summed E-state index contributed by atoms with van der Waals surface area (Å²) in [6.07, 6.45) is 3.32. The summed E-state index contributed by atoms with van der Waals surface area (Å²) in [5, 5.41) is 4.00. The number of amides is 2. The number of halogens is 1.